The molecule has 0 spiro atoms. The summed E-state index contributed by atoms with van der Waals surface area (Å²) in [6.45, 7) is 17.3. The SMILES string of the molecule is C=C[C@H](O)[C@@]12CO[C@@H]([C@H](CC)O1)[C@@H]2O[Si](C)(C)C(C)(C)C. The molecule has 5 heteroatoms. The fourth-order valence-electron chi connectivity index (χ4n) is 2.93. The van der Waals surface area contributed by atoms with Crippen LogP contribution in [0.5, 0.6) is 0 Å². The molecule has 122 valence electrons. The van der Waals surface area contributed by atoms with E-state index in [2.05, 4.69) is 47.4 Å². The number of hydrogen-bond acceptors (Lipinski definition) is 4. The van der Waals surface area contributed by atoms with E-state index in [1.165, 1.54) is 6.08 Å². The number of aliphatic hydroxyl groups is 1. The first-order valence-electron chi connectivity index (χ1n) is 7.87. The van der Waals surface area contributed by atoms with Crippen LogP contribution >= 0.6 is 0 Å². The molecule has 1 N–H and O–H groups in total. The normalized spacial score (nSPS) is 37.8. The first-order chi connectivity index (χ1) is 9.59. The van der Waals surface area contributed by atoms with Crippen molar-refractivity contribution in [2.75, 3.05) is 6.61 Å². The molecule has 2 fully saturated rings. The molecule has 0 aromatic carbocycles. The van der Waals surface area contributed by atoms with Gasteiger partial charge in [0.2, 0.25) is 0 Å². The molecule has 0 radical (unpaired) electrons. The smallest absolute Gasteiger partial charge is 0.192 e. The third-order valence-electron chi connectivity index (χ3n) is 5.37. The zero-order valence-corrected chi connectivity index (χ0v) is 15.2. The second-order valence-electron chi connectivity index (χ2n) is 7.77. The zero-order chi connectivity index (χ0) is 16.1. The topological polar surface area (TPSA) is 47.9 Å². The maximum atomic E-state index is 10.4. The number of rotatable bonds is 5. The van der Waals surface area contributed by atoms with E-state index in [0.29, 0.717) is 6.61 Å². The Labute approximate surface area is 129 Å². The Morgan fingerprint density at radius 1 is 1.48 bits per heavy atom. The number of aliphatic hydroxyl groups excluding tert-OH is 1. The highest BCUT2D eigenvalue weighted by Gasteiger charge is 2.65. The van der Waals surface area contributed by atoms with E-state index in [1.807, 2.05) is 0 Å². The van der Waals surface area contributed by atoms with Crippen LogP contribution in [0.25, 0.3) is 0 Å². The molecule has 0 amide bonds. The van der Waals surface area contributed by atoms with Gasteiger partial charge in [-0.1, -0.05) is 33.8 Å². The van der Waals surface area contributed by atoms with Crippen molar-refractivity contribution in [2.45, 2.75) is 82.3 Å². The van der Waals surface area contributed by atoms with Crippen molar-refractivity contribution in [2.24, 2.45) is 0 Å². The molecule has 5 atom stereocenters. The summed E-state index contributed by atoms with van der Waals surface area (Å²) in [6, 6.07) is 0. The van der Waals surface area contributed by atoms with Crippen LogP contribution in [0.3, 0.4) is 0 Å². The predicted octanol–water partition coefficient (Wildman–Crippen LogP) is 2.87. The van der Waals surface area contributed by atoms with Crippen LogP contribution in [0.15, 0.2) is 12.7 Å². The summed E-state index contributed by atoms with van der Waals surface area (Å²) < 4.78 is 18.7. The quantitative estimate of drug-likeness (QED) is 0.626. The highest BCUT2D eigenvalue weighted by Crippen LogP contribution is 2.48. The summed E-state index contributed by atoms with van der Waals surface area (Å²) in [5.74, 6) is 0. The van der Waals surface area contributed by atoms with Gasteiger partial charge in [0.25, 0.3) is 0 Å². The van der Waals surface area contributed by atoms with E-state index in [-0.39, 0.29) is 23.4 Å². The summed E-state index contributed by atoms with van der Waals surface area (Å²) in [5.41, 5.74) is -0.789. The van der Waals surface area contributed by atoms with Crippen molar-refractivity contribution < 1.29 is 19.0 Å². The lowest BCUT2D eigenvalue weighted by atomic mass is 9.92. The molecular formula is C16H30O4Si. The lowest BCUT2D eigenvalue weighted by Crippen LogP contribution is -2.56. The van der Waals surface area contributed by atoms with E-state index < -0.39 is 20.0 Å². The fourth-order valence-corrected chi connectivity index (χ4v) is 4.25. The summed E-state index contributed by atoms with van der Waals surface area (Å²) in [5, 5.41) is 10.5. The molecule has 0 aromatic rings. The van der Waals surface area contributed by atoms with Crippen LogP contribution in [-0.4, -0.2) is 50.0 Å². The lowest BCUT2D eigenvalue weighted by molar-refractivity contribution is -0.177. The van der Waals surface area contributed by atoms with Gasteiger partial charge < -0.3 is 19.0 Å². The minimum atomic E-state index is -1.97. The van der Waals surface area contributed by atoms with E-state index in [4.69, 9.17) is 13.9 Å². The largest absolute Gasteiger partial charge is 0.408 e. The standard InChI is InChI=1S/C16H30O4Si/c1-8-11-13-14(20-21(6,7)15(3,4)5)16(19-11,10-18-13)12(17)9-2/h9,11-14,17H,2,8,10H2,1,3-7H3/t11-,12-,13-,14-,16+/m0/s1. The van der Waals surface area contributed by atoms with Gasteiger partial charge in [-0.3, -0.25) is 0 Å². The fraction of sp³-hybridized carbons (Fsp3) is 0.875. The lowest BCUT2D eigenvalue weighted by Gasteiger charge is -2.41. The molecule has 0 aliphatic carbocycles. The Balaban J connectivity index is 2.30. The Morgan fingerprint density at radius 2 is 2.10 bits per heavy atom. The van der Waals surface area contributed by atoms with Crippen molar-refractivity contribution in [3.8, 4) is 0 Å². The molecule has 2 heterocycles. The summed E-state index contributed by atoms with van der Waals surface area (Å²) >= 11 is 0. The highest BCUT2D eigenvalue weighted by molar-refractivity contribution is 6.74. The van der Waals surface area contributed by atoms with Gasteiger partial charge in [0.05, 0.1) is 12.7 Å². The van der Waals surface area contributed by atoms with Crippen LogP contribution < -0.4 is 0 Å². The van der Waals surface area contributed by atoms with E-state index in [9.17, 15) is 5.11 Å². The van der Waals surface area contributed by atoms with Gasteiger partial charge in [-0.15, -0.1) is 6.58 Å². The van der Waals surface area contributed by atoms with Crippen LogP contribution in [-0.2, 0) is 13.9 Å². The predicted molar refractivity (Wildman–Crippen MR) is 85.9 cm³/mol. The van der Waals surface area contributed by atoms with Gasteiger partial charge >= 0.3 is 0 Å². The molecule has 21 heavy (non-hydrogen) atoms. The van der Waals surface area contributed by atoms with Crippen molar-refractivity contribution in [1.29, 1.82) is 0 Å². The molecule has 2 rings (SSSR count). The molecule has 0 aromatic heterocycles. The second-order valence-corrected chi connectivity index (χ2v) is 12.5. The molecule has 2 bridgehead atoms. The van der Waals surface area contributed by atoms with E-state index in [1.54, 1.807) is 0 Å². The average Bonchev–Trinajstić information content (AvgIpc) is 2.89. The molecule has 2 aliphatic heterocycles. The van der Waals surface area contributed by atoms with Gasteiger partial charge in [-0.2, -0.15) is 0 Å². The summed E-state index contributed by atoms with van der Waals surface area (Å²) in [4.78, 5) is 0. The van der Waals surface area contributed by atoms with Gasteiger partial charge in [-0.25, -0.2) is 0 Å². The number of fused-ring (bicyclic) bond motifs is 2. The first kappa shape index (κ1) is 17.2. The third kappa shape index (κ3) is 2.63. The molecular weight excluding hydrogens is 284 g/mol. The number of ether oxygens (including phenoxy) is 2. The van der Waals surface area contributed by atoms with Gasteiger partial charge in [0.1, 0.15) is 23.9 Å². The minimum absolute atomic E-state index is 0.0110. The van der Waals surface area contributed by atoms with Crippen molar-refractivity contribution in [3.63, 3.8) is 0 Å². The van der Waals surface area contributed by atoms with E-state index >= 15 is 0 Å². The summed E-state index contributed by atoms with van der Waals surface area (Å²) in [6.07, 6.45) is 1.31. The van der Waals surface area contributed by atoms with Crippen LogP contribution in [0.2, 0.25) is 18.1 Å². The maximum Gasteiger partial charge on any atom is 0.192 e. The molecule has 0 unspecified atom stereocenters. The van der Waals surface area contributed by atoms with Gasteiger partial charge in [0, 0.05) is 0 Å². The van der Waals surface area contributed by atoms with E-state index in [0.717, 1.165) is 6.42 Å². The molecule has 4 nitrogen and oxygen atoms in total. The Kier molecular flexibility index (Phi) is 4.46. The minimum Gasteiger partial charge on any atom is -0.408 e. The average molecular weight is 314 g/mol. The van der Waals surface area contributed by atoms with Gasteiger partial charge in [-0.05, 0) is 24.6 Å². The Hall–Kier alpha value is -0.203. The molecule has 0 saturated carbocycles. The second kappa shape index (κ2) is 5.46. The van der Waals surface area contributed by atoms with Crippen molar-refractivity contribution in [1.82, 2.24) is 0 Å². The van der Waals surface area contributed by atoms with Gasteiger partial charge in [0.15, 0.2) is 8.32 Å². The highest BCUT2D eigenvalue weighted by atomic mass is 28.4. The molecule has 2 saturated heterocycles. The monoisotopic (exact) mass is 314 g/mol. The van der Waals surface area contributed by atoms with Crippen molar-refractivity contribution >= 4 is 8.32 Å². The van der Waals surface area contributed by atoms with Crippen LogP contribution in [0.4, 0.5) is 0 Å². The van der Waals surface area contributed by atoms with Crippen molar-refractivity contribution in [3.05, 3.63) is 12.7 Å². The maximum absolute atomic E-state index is 10.4. The summed E-state index contributed by atoms with van der Waals surface area (Å²) in [7, 11) is -1.97. The zero-order valence-electron chi connectivity index (χ0n) is 14.2. The Morgan fingerprint density at radius 3 is 2.57 bits per heavy atom. The van der Waals surface area contributed by atoms with Crippen LogP contribution in [0, 0.1) is 0 Å². The third-order valence-corrected chi connectivity index (χ3v) is 9.83. The first-order valence-corrected chi connectivity index (χ1v) is 10.8. The van der Waals surface area contributed by atoms with Crippen LogP contribution in [0.1, 0.15) is 34.1 Å². The number of hydrogen-bond donors (Lipinski definition) is 1. The Bertz CT molecular complexity index is 404. The molecule has 2 aliphatic rings.